The minimum atomic E-state index is -1.000. The van der Waals surface area contributed by atoms with Crippen molar-refractivity contribution in [1.29, 1.82) is 0 Å². The van der Waals surface area contributed by atoms with E-state index in [2.05, 4.69) is 10.6 Å². The zero-order valence-corrected chi connectivity index (χ0v) is 16.2. The van der Waals surface area contributed by atoms with E-state index in [1.165, 1.54) is 25.5 Å². The van der Waals surface area contributed by atoms with E-state index in [4.69, 9.17) is 9.47 Å². The van der Waals surface area contributed by atoms with E-state index in [0.717, 1.165) is 31.7 Å². The second-order valence-corrected chi connectivity index (χ2v) is 6.80. The smallest absolute Gasteiger partial charge is 0.341 e. The highest BCUT2D eigenvalue weighted by Gasteiger charge is 2.25. The number of nitro benzene ring substituents is 1. The number of amides is 1. The molecular weight excluding hydrogens is 366 g/mol. The molecule has 0 unspecified atom stereocenters. The van der Waals surface area contributed by atoms with Crippen molar-refractivity contribution in [2.75, 3.05) is 25.6 Å². The van der Waals surface area contributed by atoms with Gasteiger partial charge in [0.25, 0.3) is 11.6 Å². The lowest BCUT2D eigenvalue weighted by molar-refractivity contribution is -0.384. The highest BCUT2D eigenvalue weighted by molar-refractivity contribution is 5.98. The molecule has 1 aromatic carbocycles. The molecule has 0 bridgehead atoms. The molecule has 9 heteroatoms. The largest absolute Gasteiger partial charge is 0.449 e. The molecule has 154 valence electrons. The van der Waals surface area contributed by atoms with Gasteiger partial charge in [-0.2, -0.15) is 0 Å². The van der Waals surface area contributed by atoms with E-state index in [1.54, 1.807) is 7.11 Å². The van der Waals surface area contributed by atoms with Gasteiger partial charge in [0.2, 0.25) is 0 Å². The first-order valence-electron chi connectivity index (χ1n) is 9.45. The molecular formula is C19H27N3O6. The maximum atomic E-state index is 12.6. The van der Waals surface area contributed by atoms with E-state index >= 15 is 0 Å². The van der Waals surface area contributed by atoms with Crippen molar-refractivity contribution in [2.45, 2.75) is 51.2 Å². The Labute approximate surface area is 163 Å². The number of benzene rings is 1. The summed E-state index contributed by atoms with van der Waals surface area (Å²) in [5.74, 6) is -1.16. The molecule has 1 amide bonds. The number of nitrogens with zero attached hydrogens (tertiary/aromatic N) is 1. The van der Waals surface area contributed by atoms with Gasteiger partial charge in [0, 0.05) is 37.5 Å². The van der Waals surface area contributed by atoms with Gasteiger partial charge in [-0.3, -0.25) is 14.9 Å². The summed E-state index contributed by atoms with van der Waals surface area (Å²) in [7, 11) is 1.54. The van der Waals surface area contributed by atoms with Crippen LogP contribution in [0.5, 0.6) is 0 Å². The number of anilines is 1. The lowest BCUT2D eigenvalue weighted by atomic mass is 9.95. The molecule has 1 aliphatic carbocycles. The van der Waals surface area contributed by atoms with Crippen LogP contribution in [0.3, 0.4) is 0 Å². The van der Waals surface area contributed by atoms with Crippen molar-refractivity contribution in [3.05, 3.63) is 33.9 Å². The molecule has 0 spiro atoms. The highest BCUT2D eigenvalue weighted by atomic mass is 16.6. The van der Waals surface area contributed by atoms with Gasteiger partial charge in [-0.25, -0.2) is 4.79 Å². The summed E-state index contributed by atoms with van der Waals surface area (Å²) in [4.78, 5) is 35.4. The summed E-state index contributed by atoms with van der Waals surface area (Å²) in [5.41, 5.74) is 0.152. The first-order chi connectivity index (χ1) is 13.4. The first-order valence-corrected chi connectivity index (χ1v) is 9.45. The minimum absolute atomic E-state index is 0.00243. The van der Waals surface area contributed by atoms with Gasteiger partial charge in [-0.1, -0.05) is 19.3 Å². The van der Waals surface area contributed by atoms with E-state index in [9.17, 15) is 19.7 Å². The Balaban J connectivity index is 2.06. The molecule has 1 aromatic rings. The summed E-state index contributed by atoms with van der Waals surface area (Å²) in [6, 6.07) is 3.98. The molecule has 1 atom stereocenters. The molecule has 1 aliphatic rings. The van der Waals surface area contributed by atoms with Crippen molar-refractivity contribution in [3.8, 4) is 0 Å². The van der Waals surface area contributed by atoms with Crippen molar-refractivity contribution in [1.82, 2.24) is 5.32 Å². The molecule has 1 fully saturated rings. The molecule has 2 rings (SSSR count). The van der Waals surface area contributed by atoms with Gasteiger partial charge < -0.3 is 20.1 Å². The summed E-state index contributed by atoms with van der Waals surface area (Å²) >= 11 is 0. The van der Waals surface area contributed by atoms with Crippen LogP contribution < -0.4 is 10.6 Å². The Hall–Kier alpha value is -2.68. The van der Waals surface area contributed by atoms with Gasteiger partial charge in [-0.15, -0.1) is 0 Å². The number of hydrogen-bond donors (Lipinski definition) is 2. The number of methoxy groups -OCH3 is 1. The second-order valence-electron chi connectivity index (χ2n) is 6.80. The predicted molar refractivity (Wildman–Crippen MR) is 103 cm³/mol. The maximum absolute atomic E-state index is 12.6. The molecule has 0 aliphatic heterocycles. The lowest BCUT2D eigenvalue weighted by Gasteiger charge is -2.24. The second kappa shape index (κ2) is 10.6. The number of non-ortho nitro benzene ring substituents is 1. The van der Waals surface area contributed by atoms with Crippen LogP contribution >= 0.6 is 0 Å². The van der Waals surface area contributed by atoms with Gasteiger partial charge in [0.15, 0.2) is 6.10 Å². The van der Waals surface area contributed by atoms with Crippen LogP contribution in [-0.4, -0.2) is 49.2 Å². The topological polar surface area (TPSA) is 120 Å². The Kier molecular flexibility index (Phi) is 8.19. The molecule has 0 heterocycles. The first kappa shape index (κ1) is 21.6. The van der Waals surface area contributed by atoms with E-state index in [0.29, 0.717) is 18.8 Å². The fourth-order valence-electron chi connectivity index (χ4n) is 3.10. The number of ether oxygens (including phenoxy) is 2. The maximum Gasteiger partial charge on any atom is 0.341 e. The summed E-state index contributed by atoms with van der Waals surface area (Å²) in [6.07, 6.45) is 4.16. The van der Waals surface area contributed by atoms with Crippen molar-refractivity contribution < 1.29 is 24.0 Å². The average molecular weight is 393 g/mol. The predicted octanol–water partition coefficient (Wildman–Crippen LogP) is 2.65. The monoisotopic (exact) mass is 393 g/mol. The zero-order chi connectivity index (χ0) is 20.5. The van der Waals surface area contributed by atoms with Crippen LogP contribution in [0, 0.1) is 10.1 Å². The molecule has 0 aromatic heterocycles. The lowest BCUT2D eigenvalue weighted by Crippen LogP contribution is -2.42. The standard InChI is InChI=1S/C19H27N3O6/c1-13(18(23)21-14-6-4-3-5-7-14)28-19(24)16-12-15(22(25)26)8-9-17(16)20-10-11-27-2/h8-9,12-14,20H,3-7,10-11H2,1-2H3,(H,21,23)/t13-/m0/s1. The average Bonchev–Trinajstić information content (AvgIpc) is 2.68. The number of esters is 1. The van der Waals surface area contributed by atoms with Crippen molar-refractivity contribution >= 4 is 23.3 Å². The minimum Gasteiger partial charge on any atom is -0.449 e. The number of nitrogens with one attached hydrogen (secondary N) is 2. The van der Waals surface area contributed by atoms with Crippen LogP contribution in [0.2, 0.25) is 0 Å². The normalized spacial score (nSPS) is 15.5. The van der Waals surface area contributed by atoms with Crippen LogP contribution in [0.15, 0.2) is 18.2 Å². The SMILES string of the molecule is COCCNc1ccc([N+](=O)[O-])cc1C(=O)O[C@@H](C)C(=O)NC1CCCCC1. The van der Waals surface area contributed by atoms with Gasteiger partial charge in [0.05, 0.1) is 17.1 Å². The van der Waals surface area contributed by atoms with Crippen molar-refractivity contribution in [2.24, 2.45) is 0 Å². The third kappa shape index (κ3) is 6.19. The van der Waals surface area contributed by atoms with E-state index in [1.807, 2.05) is 0 Å². The quantitative estimate of drug-likeness (QED) is 0.286. The number of rotatable bonds is 9. The van der Waals surface area contributed by atoms with Crippen molar-refractivity contribution in [3.63, 3.8) is 0 Å². The Morgan fingerprint density at radius 1 is 1.29 bits per heavy atom. The van der Waals surface area contributed by atoms with Gasteiger partial charge in [-0.05, 0) is 25.8 Å². The zero-order valence-electron chi connectivity index (χ0n) is 16.2. The van der Waals surface area contributed by atoms with E-state index < -0.39 is 17.0 Å². The Morgan fingerprint density at radius 2 is 2.00 bits per heavy atom. The molecule has 0 saturated heterocycles. The molecule has 0 radical (unpaired) electrons. The number of carbonyl (C=O) groups is 2. The third-order valence-electron chi connectivity index (χ3n) is 4.66. The van der Waals surface area contributed by atoms with Gasteiger partial charge >= 0.3 is 5.97 Å². The molecule has 2 N–H and O–H groups in total. The summed E-state index contributed by atoms with van der Waals surface area (Å²) in [5, 5.41) is 16.9. The number of nitro groups is 1. The number of hydrogen-bond acceptors (Lipinski definition) is 7. The third-order valence-corrected chi connectivity index (χ3v) is 4.66. The van der Waals surface area contributed by atoms with Crippen LogP contribution in [0.1, 0.15) is 49.4 Å². The number of carbonyl (C=O) groups excluding carboxylic acids is 2. The molecule has 28 heavy (non-hydrogen) atoms. The van der Waals surface area contributed by atoms with Crippen LogP contribution in [-0.2, 0) is 14.3 Å². The fourth-order valence-corrected chi connectivity index (χ4v) is 3.10. The van der Waals surface area contributed by atoms with Gasteiger partial charge in [0.1, 0.15) is 0 Å². The van der Waals surface area contributed by atoms with E-state index in [-0.39, 0.29) is 23.2 Å². The Morgan fingerprint density at radius 3 is 2.64 bits per heavy atom. The Bertz CT molecular complexity index is 703. The summed E-state index contributed by atoms with van der Waals surface area (Å²) < 4.78 is 10.2. The molecule has 1 saturated carbocycles. The molecule has 9 nitrogen and oxygen atoms in total. The highest BCUT2D eigenvalue weighted by Crippen LogP contribution is 2.24. The van der Waals surface area contributed by atoms with Crippen LogP contribution in [0.4, 0.5) is 11.4 Å². The van der Waals surface area contributed by atoms with Crippen LogP contribution in [0.25, 0.3) is 0 Å². The fraction of sp³-hybridized carbons (Fsp3) is 0.579. The summed E-state index contributed by atoms with van der Waals surface area (Å²) in [6.45, 7) is 2.30.